The molecule has 1 fully saturated rings. The first-order valence-corrected chi connectivity index (χ1v) is 6.83. The fourth-order valence-corrected chi connectivity index (χ4v) is 2.69. The SMILES string of the molecule is COC[C@H]1O[C@@H](OC)[C@H](N2C(=O)C(C)=C(C)C2=O)C[C@@H]1O. The van der Waals surface area contributed by atoms with E-state index in [1.54, 1.807) is 13.8 Å². The van der Waals surface area contributed by atoms with Crippen LogP contribution in [0.25, 0.3) is 0 Å². The molecule has 0 saturated carbocycles. The number of aliphatic hydroxyl groups is 1. The van der Waals surface area contributed by atoms with Crippen LogP contribution in [0.2, 0.25) is 0 Å². The molecule has 4 atom stereocenters. The summed E-state index contributed by atoms with van der Waals surface area (Å²) in [6.45, 7) is 3.45. The summed E-state index contributed by atoms with van der Waals surface area (Å²) in [4.78, 5) is 25.6. The van der Waals surface area contributed by atoms with Gasteiger partial charge in [0.15, 0.2) is 6.29 Å². The molecule has 0 aliphatic carbocycles. The average Bonchev–Trinajstić information content (AvgIpc) is 2.65. The third-order valence-electron chi connectivity index (χ3n) is 4.07. The van der Waals surface area contributed by atoms with E-state index in [2.05, 4.69) is 0 Å². The zero-order valence-corrected chi connectivity index (χ0v) is 12.7. The van der Waals surface area contributed by atoms with Crippen molar-refractivity contribution >= 4 is 11.8 Å². The van der Waals surface area contributed by atoms with Crippen LogP contribution in [0.1, 0.15) is 20.3 Å². The van der Waals surface area contributed by atoms with E-state index in [4.69, 9.17) is 14.2 Å². The molecule has 0 unspecified atom stereocenters. The topological polar surface area (TPSA) is 85.3 Å². The summed E-state index contributed by atoms with van der Waals surface area (Å²) in [7, 11) is 2.95. The summed E-state index contributed by atoms with van der Waals surface area (Å²) in [5.41, 5.74) is 0.840. The summed E-state index contributed by atoms with van der Waals surface area (Å²) < 4.78 is 15.9. The molecule has 7 heteroatoms. The summed E-state index contributed by atoms with van der Waals surface area (Å²) in [5, 5.41) is 10.1. The molecule has 7 nitrogen and oxygen atoms in total. The quantitative estimate of drug-likeness (QED) is 0.725. The maximum atomic E-state index is 12.2. The summed E-state index contributed by atoms with van der Waals surface area (Å²) in [5.74, 6) is -0.712. The van der Waals surface area contributed by atoms with E-state index < -0.39 is 24.5 Å². The lowest BCUT2D eigenvalue weighted by Crippen LogP contribution is -2.58. The molecule has 2 amide bonds. The third kappa shape index (κ3) is 2.74. The minimum absolute atomic E-state index is 0.199. The number of nitrogens with zero attached hydrogens (tertiary/aromatic N) is 1. The van der Waals surface area contributed by atoms with Crippen LogP contribution in [0.4, 0.5) is 0 Å². The Balaban J connectivity index is 2.20. The van der Waals surface area contributed by atoms with Crippen molar-refractivity contribution in [3.8, 4) is 0 Å². The summed E-state index contributed by atoms with van der Waals surface area (Å²) >= 11 is 0. The highest BCUT2D eigenvalue weighted by Crippen LogP contribution is 2.31. The van der Waals surface area contributed by atoms with E-state index in [-0.39, 0.29) is 24.8 Å². The van der Waals surface area contributed by atoms with E-state index in [9.17, 15) is 14.7 Å². The third-order valence-corrected chi connectivity index (χ3v) is 4.07. The van der Waals surface area contributed by atoms with Gasteiger partial charge in [-0.25, -0.2) is 0 Å². The van der Waals surface area contributed by atoms with Gasteiger partial charge in [0.25, 0.3) is 11.8 Å². The molecule has 118 valence electrons. The van der Waals surface area contributed by atoms with E-state index in [0.29, 0.717) is 11.1 Å². The highest BCUT2D eigenvalue weighted by Gasteiger charge is 2.47. The Morgan fingerprint density at radius 1 is 1.24 bits per heavy atom. The van der Waals surface area contributed by atoms with Gasteiger partial charge < -0.3 is 19.3 Å². The highest BCUT2D eigenvalue weighted by molar-refractivity contribution is 6.19. The van der Waals surface area contributed by atoms with Gasteiger partial charge in [0.2, 0.25) is 0 Å². The molecule has 2 aliphatic rings. The number of hydrogen-bond acceptors (Lipinski definition) is 6. The van der Waals surface area contributed by atoms with Crippen LogP contribution in [0, 0.1) is 0 Å². The van der Waals surface area contributed by atoms with Crippen LogP contribution in [-0.4, -0.2) is 67.2 Å². The minimum atomic E-state index is -0.830. The Morgan fingerprint density at radius 3 is 2.29 bits per heavy atom. The lowest BCUT2D eigenvalue weighted by molar-refractivity contribution is -0.246. The molecule has 0 aromatic rings. The number of amides is 2. The molecule has 1 N–H and O–H groups in total. The van der Waals surface area contributed by atoms with Crippen LogP contribution in [-0.2, 0) is 23.8 Å². The molecule has 0 radical (unpaired) electrons. The number of methoxy groups -OCH3 is 2. The molecule has 0 aromatic heterocycles. The molecular weight excluding hydrogens is 278 g/mol. The van der Waals surface area contributed by atoms with Crippen LogP contribution in [0.15, 0.2) is 11.1 Å². The number of hydrogen-bond donors (Lipinski definition) is 1. The average molecular weight is 299 g/mol. The van der Waals surface area contributed by atoms with Gasteiger partial charge in [-0.15, -0.1) is 0 Å². The van der Waals surface area contributed by atoms with Gasteiger partial charge in [0, 0.05) is 31.8 Å². The number of carbonyl (C=O) groups excluding carboxylic acids is 2. The maximum Gasteiger partial charge on any atom is 0.257 e. The largest absolute Gasteiger partial charge is 0.390 e. The number of imide groups is 1. The smallest absolute Gasteiger partial charge is 0.257 e. The Hall–Kier alpha value is -1.28. The molecule has 2 rings (SSSR count). The Bertz CT molecular complexity index is 450. The molecule has 0 spiro atoms. The Kier molecular flexibility index (Phi) is 4.77. The van der Waals surface area contributed by atoms with Crippen LogP contribution < -0.4 is 0 Å². The Labute approximate surface area is 123 Å². The molecular formula is C14H21NO6. The number of carbonyl (C=O) groups is 2. The van der Waals surface area contributed by atoms with Gasteiger partial charge in [-0.3, -0.25) is 14.5 Å². The second-order valence-electron chi connectivity index (χ2n) is 5.33. The van der Waals surface area contributed by atoms with E-state index >= 15 is 0 Å². The number of ether oxygens (including phenoxy) is 3. The van der Waals surface area contributed by atoms with Crippen LogP contribution in [0.5, 0.6) is 0 Å². The number of aliphatic hydroxyl groups excluding tert-OH is 1. The van der Waals surface area contributed by atoms with Gasteiger partial charge in [-0.05, 0) is 13.8 Å². The predicted octanol–water partition coefficient (Wildman–Crippen LogP) is -0.171. The number of rotatable bonds is 4. The molecule has 2 aliphatic heterocycles. The summed E-state index contributed by atoms with van der Waals surface area (Å²) in [6, 6.07) is -0.648. The van der Waals surface area contributed by atoms with Crippen molar-refractivity contribution in [1.82, 2.24) is 4.90 Å². The van der Waals surface area contributed by atoms with Crippen molar-refractivity contribution in [3.05, 3.63) is 11.1 Å². The first-order valence-electron chi connectivity index (χ1n) is 6.83. The van der Waals surface area contributed by atoms with E-state index in [1.807, 2.05) is 0 Å². The second kappa shape index (κ2) is 6.23. The molecule has 2 heterocycles. The van der Waals surface area contributed by atoms with Crippen molar-refractivity contribution in [2.24, 2.45) is 0 Å². The van der Waals surface area contributed by atoms with Crippen LogP contribution >= 0.6 is 0 Å². The first kappa shape index (κ1) is 16.1. The van der Waals surface area contributed by atoms with Gasteiger partial charge in [-0.2, -0.15) is 0 Å². The fourth-order valence-electron chi connectivity index (χ4n) is 2.69. The normalized spacial score (nSPS) is 34.0. The zero-order valence-electron chi connectivity index (χ0n) is 12.7. The predicted molar refractivity (Wildman–Crippen MR) is 72.2 cm³/mol. The highest BCUT2D eigenvalue weighted by atomic mass is 16.7. The van der Waals surface area contributed by atoms with Crippen molar-refractivity contribution < 1.29 is 28.9 Å². The second-order valence-corrected chi connectivity index (χ2v) is 5.33. The van der Waals surface area contributed by atoms with E-state index in [1.165, 1.54) is 14.2 Å². The summed E-state index contributed by atoms with van der Waals surface area (Å²) in [6.07, 6.45) is -1.95. The Morgan fingerprint density at radius 2 is 1.81 bits per heavy atom. The fraction of sp³-hybridized carbons (Fsp3) is 0.714. The molecule has 0 aromatic carbocycles. The van der Waals surface area contributed by atoms with Crippen molar-refractivity contribution in [2.45, 2.75) is 44.8 Å². The first-order chi connectivity index (χ1) is 9.92. The molecule has 0 bridgehead atoms. The van der Waals surface area contributed by atoms with E-state index in [0.717, 1.165) is 4.90 Å². The monoisotopic (exact) mass is 299 g/mol. The van der Waals surface area contributed by atoms with Crippen molar-refractivity contribution in [3.63, 3.8) is 0 Å². The lowest BCUT2D eigenvalue weighted by Gasteiger charge is -2.41. The van der Waals surface area contributed by atoms with Gasteiger partial charge in [-0.1, -0.05) is 0 Å². The van der Waals surface area contributed by atoms with Gasteiger partial charge in [0.1, 0.15) is 6.10 Å². The van der Waals surface area contributed by atoms with Crippen molar-refractivity contribution in [1.29, 1.82) is 0 Å². The van der Waals surface area contributed by atoms with Gasteiger partial charge >= 0.3 is 0 Å². The van der Waals surface area contributed by atoms with Gasteiger partial charge in [0.05, 0.1) is 18.8 Å². The maximum absolute atomic E-state index is 12.2. The molecule has 1 saturated heterocycles. The molecule has 21 heavy (non-hydrogen) atoms. The van der Waals surface area contributed by atoms with Crippen molar-refractivity contribution in [2.75, 3.05) is 20.8 Å². The minimum Gasteiger partial charge on any atom is -0.390 e. The van der Waals surface area contributed by atoms with Crippen LogP contribution in [0.3, 0.4) is 0 Å². The zero-order chi connectivity index (χ0) is 15.7. The standard InChI is InChI=1S/C14H21NO6/c1-7-8(2)13(18)15(12(7)17)9-5-10(16)11(6-19-3)21-14(9)20-4/h9-11,14,16H,5-6H2,1-4H3/t9-,10+,11-,14-/m1/s1. The lowest BCUT2D eigenvalue weighted by atomic mass is 9.99.